The molecule has 1 fully saturated rings. The Labute approximate surface area is 124 Å². The molecule has 1 saturated heterocycles. The van der Waals surface area contributed by atoms with Gasteiger partial charge in [0, 0.05) is 12.2 Å². The minimum atomic E-state index is -0.738. The molecule has 0 saturated carbocycles. The van der Waals surface area contributed by atoms with Gasteiger partial charge in [-0.15, -0.1) is 0 Å². The standard InChI is InChI=1S/C13H15BrN2O4/c1-19-13(18)10-7-16(5-6-20-10)12(17)8-3-2-4-9(15)11(8)14/h2-4,10H,5-7,15H2,1H3. The van der Waals surface area contributed by atoms with Crippen LogP contribution in [0.4, 0.5) is 5.69 Å². The van der Waals surface area contributed by atoms with E-state index >= 15 is 0 Å². The van der Waals surface area contributed by atoms with Crippen LogP contribution in [0, 0.1) is 0 Å². The topological polar surface area (TPSA) is 81.9 Å². The number of methoxy groups -OCH3 is 1. The molecule has 7 heteroatoms. The summed E-state index contributed by atoms with van der Waals surface area (Å²) in [6.45, 7) is 0.895. The lowest BCUT2D eigenvalue weighted by Crippen LogP contribution is -2.49. The first kappa shape index (κ1) is 14.8. The maximum Gasteiger partial charge on any atom is 0.336 e. The molecule has 1 amide bonds. The van der Waals surface area contributed by atoms with E-state index in [1.165, 1.54) is 7.11 Å². The molecular formula is C13H15BrN2O4. The lowest BCUT2D eigenvalue weighted by atomic mass is 10.1. The number of amides is 1. The number of hydrogen-bond donors (Lipinski definition) is 1. The van der Waals surface area contributed by atoms with Gasteiger partial charge < -0.3 is 20.1 Å². The van der Waals surface area contributed by atoms with E-state index in [1.54, 1.807) is 23.1 Å². The number of ether oxygens (including phenoxy) is 2. The van der Waals surface area contributed by atoms with Crippen molar-refractivity contribution in [2.75, 3.05) is 32.5 Å². The number of benzene rings is 1. The fourth-order valence-electron chi connectivity index (χ4n) is 1.99. The predicted molar refractivity (Wildman–Crippen MR) is 76.2 cm³/mol. The smallest absolute Gasteiger partial charge is 0.336 e. The summed E-state index contributed by atoms with van der Waals surface area (Å²) in [7, 11) is 1.29. The number of rotatable bonds is 2. The highest BCUT2D eigenvalue weighted by Gasteiger charge is 2.31. The van der Waals surface area contributed by atoms with E-state index in [0.29, 0.717) is 28.9 Å². The SMILES string of the molecule is COC(=O)C1CN(C(=O)c2cccc(N)c2Br)CCO1. The van der Waals surface area contributed by atoms with Crippen molar-refractivity contribution in [3.63, 3.8) is 0 Å². The minimum Gasteiger partial charge on any atom is -0.467 e. The first-order valence-electron chi connectivity index (χ1n) is 6.07. The van der Waals surface area contributed by atoms with Crippen molar-refractivity contribution in [3.8, 4) is 0 Å². The van der Waals surface area contributed by atoms with E-state index in [0.717, 1.165) is 0 Å². The molecule has 1 aliphatic rings. The molecule has 20 heavy (non-hydrogen) atoms. The molecule has 2 rings (SSSR count). The Hall–Kier alpha value is -1.60. The molecule has 1 unspecified atom stereocenters. The highest BCUT2D eigenvalue weighted by atomic mass is 79.9. The van der Waals surface area contributed by atoms with Crippen LogP contribution in [0.5, 0.6) is 0 Å². The Morgan fingerprint density at radius 1 is 1.50 bits per heavy atom. The van der Waals surface area contributed by atoms with Crippen LogP contribution in [-0.4, -0.2) is 49.7 Å². The summed E-state index contributed by atoms with van der Waals surface area (Å²) in [6, 6.07) is 5.11. The molecule has 1 aromatic carbocycles. The van der Waals surface area contributed by atoms with Gasteiger partial charge in [0.25, 0.3) is 5.91 Å². The Kier molecular flexibility index (Phi) is 4.61. The van der Waals surface area contributed by atoms with Crippen molar-refractivity contribution in [2.24, 2.45) is 0 Å². The molecule has 1 aliphatic heterocycles. The molecular weight excluding hydrogens is 328 g/mol. The Morgan fingerprint density at radius 2 is 2.25 bits per heavy atom. The summed E-state index contributed by atoms with van der Waals surface area (Å²) >= 11 is 3.31. The first-order valence-corrected chi connectivity index (χ1v) is 6.86. The number of carbonyl (C=O) groups is 2. The van der Waals surface area contributed by atoms with Gasteiger partial charge >= 0.3 is 5.97 Å². The van der Waals surface area contributed by atoms with Crippen molar-refractivity contribution >= 4 is 33.5 Å². The van der Waals surface area contributed by atoms with Crippen molar-refractivity contribution in [3.05, 3.63) is 28.2 Å². The summed E-state index contributed by atoms with van der Waals surface area (Å²) in [5.74, 6) is -0.671. The largest absolute Gasteiger partial charge is 0.467 e. The third-order valence-electron chi connectivity index (χ3n) is 3.08. The molecule has 0 aliphatic carbocycles. The van der Waals surface area contributed by atoms with Crippen LogP contribution in [-0.2, 0) is 14.3 Å². The highest BCUT2D eigenvalue weighted by molar-refractivity contribution is 9.10. The van der Waals surface area contributed by atoms with Crippen molar-refractivity contribution < 1.29 is 19.1 Å². The number of morpholine rings is 1. The Balaban J connectivity index is 2.16. The normalized spacial score (nSPS) is 18.7. The number of anilines is 1. The van der Waals surface area contributed by atoms with E-state index in [-0.39, 0.29) is 12.5 Å². The number of nitrogens with two attached hydrogens (primary N) is 1. The number of halogens is 1. The Morgan fingerprint density at radius 3 is 2.95 bits per heavy atom. The molecule has 1 aromatic rings. The summed E-state index contributed by atoms with van der Waals surface area (Å²) in [6.07, 6.45) is -0.738. The van der Waals surface area contributed by atoms with Crippen LogP contribution in [0.15, 0.2) is 22.7 Å². The number of nitrogens with zero attached hydrogens (tertiary/aromatic N) is 1. The number of nitrogen functional groups attached to an aromatic ring is 1. The van der Waals surface area contributed by atoms with Crippen LogP contribution in [0.1, 0.15) is 10.4 Å². The summed E-state index contributed by atoms with van der Waals surface area (Å²) < 4.78 is 10.5. The molecule has 108 valence electrons. The molecule has 1 heterocycles. The quantitative estimate of drug-likeness (QED) is 0.641. The number of carbonyl (C=O) groups excluding carboxylic acids is 2. The second-order valence-corrected chi connectivity index (χ2v) is 5.14. The van der Waals surface area contributed by atoms with Gasteiger partial charge in [0.1, 0.15) is 0 Å². The Bertz CT molecular complexity index is 535. The highest BCUT2D eigenvalue weighted by Crippen LogP contribution is 2.25. The molecule has 0 radical (unpaired) electrons. The van der Waals surface area contributed by atoms with Gasteiger partial charge in [-0.05, 0) is 28.1 Å². The minimum absolute atomic E-state index is 0.173. The zero-order valence-electron chi connectivity index (χ0n) is 11.0. The summed E-state index contributed by atoms with van der Waals surface area (Å²) in [4.78, 5) is 25.5. The van der Waals surface area contributed by atoms with Crippen molar-refractivity contribution in [2.45, 2.75) is 6.10 Å². The van der Waals surface area contributed by atoms with Gasteiger partial charge in [0.05, 0.1) is 30.3 Å². The molecule has 0 bridgehead atoms. The third-order valence-corrected chi connectivity index (χ3v) is 3.96. The van der Waals surface area contributed by atoms with E-state index in [4.69, 9.17) is 10.5 Å². The maximum absolute atomic E-state index is 12.5. The fraction of sp³-hybridized carbons (Fsp3) is 0.385. The van der Waals surface area contributed by atoms with Gasteiger partial charge in [-0.2, -0.15) is 0 Å². The lowest BCUT2D eigenvalue weighted by Gasteiger charge is -2.31. The van der Waals surface area contributed by atoms with Gasteiger partial charge in [0.15, 0.2) is 6.10 Å². The van der Waals surface area contributed by atoms with E-state index in [2.05, 4.69) is 20.7 Å². The van der Waals surface area contributed by atoms with Crippen molar-refractivity contribution in [1.82, 2.24) is 4.90 Å². The fourth-order valence-corrected chi connectivity index (χ4v) is 2.43. The van der Waals surface area contributed by atoms with E-state index < -0.39 is 12.1 Å². The first-order chi connectivity index (χ1) is 9.54. The summed E-state index contributed by atoms with van der Waals surface area (Å²) in [5, 5.41) is 0. The lowest BCUT2D eigenvalue weighted by molar-refractivity contribution is -0.158. The van der Waals surface area contributed by atoms with Gasteiger partial charge in [-0.1, -0.05) is 6.07 Å². The van der Waals surface area contributed by atoms with Gasteiger partial charge in [-0.25, -0.2) is 4.79 Å². The molecule has 1 atom stereocenters. The average Bonchev–Trinajstić information content (AvgIpc) is 2.48. The predicted octanol–water partition coefficient (Wildman–Crippen LogP) is 1.05. The second kappa shape index (κ2) is 6.23. The van der Waals surface area contributed by atoms with Crippen LogP contribution in [0.3, 0.4) is 0 Å². The maximum atomic E-state index is 12.5. The number of esters is 1. The average molecular weight is 343 g/mol. The van der Waals surface area contributed by atoms with Crippen LogP contribution in [0.2, 0.25) is 0 Å². The molecule has 2 N–H and O–H groups in total. The zero-order valence-corrected chi connectivity index (χ0v) is 12.6. The van der Waals surface area contributed by atoms with Crippen molar-refractivity contribution in [1.29, 1.82) is 0 Å². The van der Waals surface area contributed by atoms with Crippen LogP contribution in [0.25, 0.3) is 0 Å². The summed E-state index contributed by atoms with van der Waals surface area (Å²) in [5.41, 5.74) is 6.73. The van der Waals surface area contributed by atoms with E-state index in [1.807, 2.05) is 0 Å². The monoisotopic (exact) mass is 342 g/mol. The van der Waals surface area contributed by atoms with E-state index in [9.17, 15) is 9.59 Å². The third kappa shape index (κ3) is 2.94. The van der Waals surface area contributed by atoms with Crippen LogP contribution >= 0.6 is 15.9 Å². The number of hydrogen-bond acceptors (Lipinski definition) is 5. The van der Waals surface area contributed by atoms with Crippen LogP contribution < -0.4 is 5.73 Å². The molecule has 6 nitrogen and oxygen atoms in total. The van der Waals surface area contributed by atoms with Gasteiger partial charge in [-0.3, -0.25) is 4.79 Å². The zero-order chi connectivity index (χ0) is 14.7. The molecule has 0 spiro atoms. The second-order valence-electron chi connectivity index (χ2n) is 4.34. The molecule has 0 aromatic heterocycles. The van der Waals surface area contributed by atoms with Gasteiger partial charge in [0.2, 0.25) is 0 Å².